The van der Waals surface area contributed by atoms with Gasteiger partial charge in [-0.15, -0.1) is 11.3 Å². The first-order chi connectivity index (χ1) is 9.48. The van der Waals surface area contributed by atoms with Gasteiger partial charge in [-0.05, 0) is 38.0 Å². The maximum atomic E-state index is 12.0. The van der Waals surface area contributed by atoms with Crippen LogP contribution >= 0.6 is 11.3 Å². The summed E-state index contributed by atoms with van der Waals surface area (Å²) in [4.78, 5) is 23.7. The standard InChI is InChI=1S/C14H17NO4S/c1-14(7-2-8-19-14)9-15-13(18)11-5-3-10(20-11)4-6-12(16)17/h3-6H,2,7-9H2,1H3,(H,15,18)(H,16,17)/b6-4+. The number of nitrogens with one attached hydrogen (secondary N) is 1. The third-order valence-electron chi connectivity index (χ3n) is 3.16. The van der Waals surface area contributed by atoms with Crippen molar-refractivity contribution in [3.05, 3.63) is 28.0 Å². The van der Waals surface area contributed by atoms with Crippen LogP contribution in [0.1, 0.15) is 34.3 Å². The van der Waals surface area contributed by atoms with E-state index in [1.54, 1.807) is 12.1 Å². The summed E-state index contributed by atoms with van der Waals surface area (Å²) < 4.78 is 5.61. The third-order valence-corrected chi connectivity index (χ3v) is 4.21. The van der Waals surface area contributed by atoms with Gasteiger partial charge in [-0.1, -0.05) is 0 Å². The van der Waals surface area contributed by atoms with Gasteiger partial charge in [0.1, 0.15) is 0 Å². The van der Waals surface area contributed by atoms with Crippen LogP contribution in [0.4, 0.5) is 0 Å². The molecule has 0 aliphatic carbocycles. The van der Waals surface area contributed by atoms with E-state index in [4.69, 9.17) is 9.84 Å². The van der Waals surface area contributed by atoms with E-state index < -0.39 is 5.97 Å². The molecule has 0 saturated carbocycles. The maximum absolute atomic E-state index is 12.0. The lowest BCUT2D eigenvalue weighted by molar-refractivity contribution is -0.131. The molecule has 1 amide bonds. The van der Waals surface area contributed by atoms with Gasteiger partial charge in [0.15, 0.2) is 0 Å². The number of aliphatic carboxylic acids is 1. The number of ether oxygens (including phenoxy) is 1. The Morgan fingerprint density at radius 1 is 1.55 bits per heavy atom. The molecule has 0 bridgehead atoms. The highest BCUT2D eigenvalue weighted by atomic mass is 32.1. The lowest BCUT2D eigenvalue weighted by atomic mass is 10.0. The number of hydrogen-bond donors (Lipinski definition) is 2. The van der Waals surface area contributed by atoms with Gasteiger partial charge in [0.05, 0.1) is 10.5 Å². The van der Waals surface area contributed by atoms with E-state index in [2.05, 4.69) is 5.32 Å². The molecule has 5 nitrogen and oxygen atoms in total. The summed E-state index contributed by atoms with van der Waals surface area (Å²) in [6.07, 6.45) is 4.51. The van der Waals surface area contributed by atoms with Crippen LogP contribution in [0.3, 0.4) is 0 Å². The highest BCUT2D eigenvalue weighted by Gasteiger charge is 2.30. The minimum Gasteiger partial charge on any atom is -0.478 e. The second kappa shape index (κ2) is 6.19. The molecule has 2 heterocycles. The summed E-state index contributed by atoms with van der Waals surface area (Å²) >= 11 is 1.26. The number of amides is 1. The monoisotopic (exact) mass is 295 g/mol. The van der Waals surface area contributed by atoms with Crippen LogP contribution in [0.5, 0.6) is 0 Å². The topological polar surface area (TPSA) is 75.6 Å². The van der Waals surface area contributed by atoms with Gasteiger partial charge in [0, 0.05) is 24.1 Å². The molecule has 0 spiro atoms. The van der Waals surface area contributed by atoms with Crippen molar-refractivity contribution in [1.29, 1.82) is 0 Å². The summed E-state index contributed by atoms with van der Waals surface area (Å²) in [6, 6.07) is 3.42. The summed E-state index contributed by atoms with van der Waals surface area (Å²) in [5.41, 5.74) is -0.265. The minimum absolute atomic E-state index is 0.151. The van der Waals surface area contributed by atoms with Crippen LogP contribution in [0, 0.1) is 0 Å². The summed E-state index contributed by atoms with van der Waals surface area (Å²) in [7, 11) is 0. The minimum atomic E-state index is -1.00. The van der Waals surface area contributed by atoms with E-state index in [0.29, 0.717) is 11.4 Å². The molecule has 1 aliphatic heterocycles. The van der Waals surface area contributed by atoms with Gasteiger partial charge in [-0.25, -0.2) is 4.79 Å². The second-order valence-corrected chi connectivity index (χ2v) is 6.07. The Morgan fingerprint density at radius 2 is 2.35 bits per heavy atom. The van der Waals surface area contributed by atoms with Crippen LogP contribution < -0.4 is 5.32 Å². The number of carbonyl (C=O) groups is 2. The Bertz CT molecular complexity index is 529. The number of carboxylic acid groups (broad SMARTS) is 1. The molecule has 0 aromatic carbocycles. The lowest BCUT2D eigenvalue weighted by Crippen LogP contribution is -2.39. The van der Waals surface area contributed by atoms with E-state index >= 15 is 0 Å². The molecule has 1 aliphatic rings. The van der Waals surface area contributed by atoms with Crippen LogP contribution in [-0.2, 0) is 9.53 Å². The first kappa shape index (κ1) is 14.7. The zero-order chi connectivity index (χ0) is 14.6. The van der Waals surface area contributed by atoms with Crippen LogP contribution in [0.2, 0.25) is 0 Å². The van der Waals surface area contributed by atoms with E-state index in [1.807, 2.05) is 6.92 Å². The van der Waals surface area contributed by atoms with E-state index in [-0.39, 0.29) is 11.5 Å². The molecule has 0 radical (unpaired) electrons. The summed E-state index contributed by atoms with van der Waals surface area (Å²) in [5, 5.41) is 11.4. The van der Waals surface area contributed by atoms with Gasteiger partial charge >= 0.3 is 5.97 Å². The second-order valence-electron chi connectivity index (χ2n) is 4.96. The third kappa shape index (κ3) is 3.91. The van der Waals surface area contributed by atoms with Crippen molar-refractivity contribution in [3.8, 4) is 0 Å². The molecule has 1 unspecified atom stereocenters. The van der Waals surface area contributed by atoms with Gasteiger partial charge in [0.2, 0.25) is 0 Å². The zero-order valence-electron chi connectivity index (χ0n) is 11.2. The largest absolute Gasteiger partial charge is 0.478 e. The fourth-order valence-corrected chi connectivity index (χ4v) is 2.88. The van der Waals surface area contributed by atoms with Crippen LogP contribution in [-0.4, -0.2) is 35.7 Å². The van der Waals surface area contributed by atoms with Crippen molar-refractivity contribution in [1.82, 2.24) is 5.32 Å². The smallest absolute Gasteiger partial charge is 0.328 e. The molecule has 20 heavy (non-hydrogen) atoms. The number of carboxylic acids is 1. The Kier molecular flexibility index (Phi) is 4.57. The molecule has 1 saturated heterocycles. The SMILES string of the molecule is CC1(CNC(=O)c2ccc(/C=C/C(=O)O)s2)CCCO1. The number of hydrogen-bond acceptors (Lipinski definition) is 4. The van der Waals surface area contributed by atoms with Crippen molar-refractivity contribution in [2.24, 2.45) is 0 Å². The fraction of sp³-hybridized carbons (Fsp3) is 0.429. The highest BCUT2D eigenvalue weighted by molar-refractivity contribution is 7.14. The van der Waals surface area contributed by atoms with Crippen molar-refractivity contribution < 1.29 is 19.4 Å². The summed E-state index contributed by atoms with van der Waals surface area (Å²) in [5.74, 6) is -1.16. The van der Waals surface area contributed by atoms with Crippen molar-refractivity contribution >= 4 is 29.3 Å². The van der Waals surface area contributed by atoms with Crippen LogP contribution in [0.15, 0.2) is 18.2 Å². The average molecular weight is 295 g/mol. The van der Waals surface area contributed by atoms with Gasteiger partial charge in [-0.2, -0.15) is 0 Å². The summed E-state index contributed by atoms with van der Waals surface area (Å²) in [6.45, 7) is 3.23. The van der Waals surface area contributed by atoms with Gasteiger partial charge < -0.3 is 15.2 Å². The molecule has 1 atom stereocenters. The number of rotatable bonds is 5. The lowest BCUT2D eigenvalue weighted by Gasteiger charge is -2.23. The normalized spacial score (nSPS) is 22.2. The fourth-order valence-electron chi connectivity index (χ4n) is 2.05. The molecular weight excluding hydrogens is 278 g/mol. The predicted octanol–water partition coefficient (Wildman–Crippen LogP) is 2.14. The Balaban J connectivity index is 1.91. The highest BCUT2D eigenvalue weighted by Crippen LogP contribution is 2.24. The molecule has 2 rings (SSSR count). The molecule has 1 aromatic rings. The van der Waals surface area contributed by atoms with Crippen molar-refractivity contribution in [2.75, 3.05) is 13.2 Å². The number of thiophene rings is 1. The zero-order valence-corrected chi connectivity index (χ0v) is 12.0. The number of carbonyl (C=O) groups excluding carboxylic acids is 1. The Morgan fingerprint density at radius 3 is 3.00 bits per heavy atom. The van der Waals surface area contributed by atoms with E-state index in [1.165, 1.54) is 17.4 Å². The maximum Gasteiger partial charge on any atom is 0.328 e. The van der Waals surface area contributed by atoms with Gasteiger partial charge in [0.25, 0.3) is 5.91 Å². The molecule has 108 valence electrons. The van der Waals surface area contributed by atoms with E-state index in [0.717, 1.165) is 30.4 Å². The first-order valence-corrected chi connectivity index (χ1v) is 7.23. The predicted molar refractivity (Wildman–Crippen MR) is 76.9 cm³/mol. The van der Waals surface area contributed by atoms with Crippen molar-refractivity contribution in [2.45, 2.75) is 25.4 Å². The molecule has 1 fully saturated rings. The average Bonchev–Trinajstić information content (AvgIpc) is 3.03. The first-order valence-electron chi connectivity index (χ1n) is 6.41. The van der Waals surface area contributed by atoms with Crippen molar-refractivity contribution in [3.63, 3.8) is 0 Å². The molecule has 6 heteroatoms. The molecular formula is C14H17NO4S. The van der Waals surface area contributed by atoms with Gasteiger partial charge in [-0.3, -0.25) is 4.79 Å². The Labute approximate surface area is 121 Å². The molecule has 2 N–H and O–H groups in total. The Hall–Kier alpha value is -1.66. The van der Waals surface area contributed by atoms with Crippen LogP contribution in [0.25, 0.3) is 6.08 Å². The van der Waals surface area contributed by atoms with E-state index in [9.17, 15) is 9.59 Å². The quantitative estimate of drug-likeness (QED) is 0.816. The molecule has 1 aromatic heterocycles.